The number of anilines is 2. The number of aromatic nitrogens is 2. The Morgan fingerprint density at radius 2 is 1.81 bits per heavy atom. The molecule has 0 aliphatic carbocycles. The number of amides is 3. The highest BCUT2D eigenvalue weighted by Crippen LogP contribution is 2.33. The second kappa shape index (κ2) is 10.9. The third-order valence-corrected chi connectivity index (χ3v) is 5.58. The van der Waals surface area contributed by atoms with Gasteiger partial charge in [-0.1, -0.05) is 35.3 Å². The molecule has 2 aromatic heterocycles. The van der Waals surface area contributed by atoms with Gasteiger partial charge in [-0.05, 0) is 48.0 Å². The minimum Gasteiger partial charge on any atom is -0.477 e. The van der Waals surface area contributed by atoms with Crippen LogP contribution in [0.25, 0.3) is 17.0 Å². The van der Waals surface area contributed by atoms with Gasteiger partial charge in [0, 0.05) is 46.0 Å². The van der Waals surface area contributed by atoms with Crippen LogP contribution in [0.5, 0.6) is 0 Å². The van der Waals surface area contributed by atoms with Crippen molar-refractivity contribution in [2.24, 2.45) is 0 Å². The lowest BCUT2D eigenvalue weighted by Crippen LogP contribution is -2.28. The number of aromatic carboxylic acids is 1. The Balaban J connectivity index is 1.38. The zero-order valence-corrected chi connectivity index (χ0v) is 20.0. The fourth-order valence-corrected chi connectivity index (χ4v) is 4.05. The first-order chi connectivity index (χ1) is 17.3. The zero-order chi connectivity index (χ0) is 25.7. The first kappa shape index (κ1) is 24.8. The molecule has 0 spiro atoms. The van der Waals surface area contributed by atoms with E-state index in [1.165, 1.54) is 24.4 Å². The number of halogens is 2. The van der Waals surface area contributed by atoms with Crippen molar-refractivity contribution in [2.45, 2.75) is 6.54 Å². The smallest absolute Gasteiger partial charge is 0.352 e. The molecule has 182 valence electrons. The predicted molar refractivity (Wildman–Crippen MR) is 139 cm³/mol. The number of nitrogens with one attached hydrogen (secondary N) is 4. The van der Waals surface area contributed by atoms with Crippen LogP contribution in [0.3, 0.4) is 0 Å². The number of fused-ring (bicyclic) bond motifs is 1. The Morgan fingerprint density at radius 1 is 1.03 bits per heavy atom. The Morgan fingerprint density at radius 3 is 2.50 bits per heavy atom. The van der Waals surface area contributed by atoms with E-state index in [0.717, 1.165) is 5.56 Å². The van der Waals surface area contributed by atoms with Crippen LogP contribution in [0.15, 0.2) is 67.0 Å². The van der Waals surface area contributed by atoms with Crippen LogP contribution in [0.2, 0.25) is 10.0 Å². The number of hydrogen-bond acceptors (Lipinski definition) is 4. The molecule has 0 saturated heterocycles. The lowest BCUT2D eigenvalue weighted by molar-refractivity contribution is -0.111. The Kier molecular flexibility index (Phi) is 7.53. The first-order valence-electron chi connectivity index (χ1n) is 10.6. The molecule has 0 unspecified atom stereocenters. The molecule has 0 atom stereocenters. The number of hydrogen-bond donors (Lipinski definition) is 5. The number of carbonyl (C=O) groups excluding carboxylic acids is 2. The van der Waals surface area contributed by atoms with Crippen molar-refractivity contribution in [1.29, 1.82) is 0 Å². The highest BCUT2D eigenvalue weighted by Gasteiger charge is 2.18. The van der Waals surface area contributed by atoms with Crippen LogP contribution in [-0.2, 0) is 11.3 Å². The maximum atomic E-state index is 12.5. The molecule has 0 fully saturated rings. The summed E-state index contributed by atoms with van der Waals surface area (Å²) in [7, 11) is 0. The van der Waals surface area contributed by atoms with Gasteiger partial charge < -0.3 is 26.0 Å². The molecule has 4 rings (SSSR count). The number of aromatic amines is 1. The van der Waals surface area contributed by atoms with Gasteiger partial charge in [0.2, 0.25) is 5.91 Å². The number of carboxylic acid groups (broad SMARTS) is 1. The SMILES string of the molecule is O=C(/C=C/c1c(C(=O)O)[nH]c2cc(Cl)cc(Cl)c12)Nc1ccc(CNC(=O)Nc2cccnc2)cc1. The Labute approximate surface area is 215 Å². The second-order valence-corrected chi connectivity index (χ2v) is 8.44. The Bertz CT molecular complexity index is 1470. The molecule has 0 aliphatic heterocycles. The summed E-state index contributed by atoms with van der Waals surface area (Å²) in [4.78, 5) is 42.8. The van der Waals surface area contributed by atoms with E-state index in [-0.39, 0.29) is 28.9 Å². The summed E-state index contributed by atoms with van der Waals surface area (Å²) >= 11 is 12.3. The fourth-order valence-electron chi connectivity index (χ4n) is 3.45. The maximum Gasteiger partial charge on any atom is 0.352 e. The number of urea groups is 1. The van der Waals surface area contributed by atoms with Crippen molar-refractivity contribution in [3.63, 3.8) is 0 Å². The van der Waals surface area contributed by atoms with Gasteiger partial charge in [0.25, 0.3) is 0 Å². The number of H-pyrrole nitrogens is 1. The van der Waals surface area contributed by atoms with Crippen LogP contribution in [0.4, 0.5) is 16.2 Å². The predicted octanol–water partition coefficient (Wildman–Crippen LogP) is 5.54. The summed E-state index contributed by atoms with van der Waals surface area (Å²) in [6.07, 6.45) is 5.76. The van der Waals surface area contributed by atoms with E-state index in [1.54, 1.807) is 48.7 Å². The number of carboxylic acids is 1. The minimum absolute atomic E-state index is 0.109. The van der Waals surface area contributed by atoms with E-state index >= 15 is 0 Å². The molecular formula is C25H19Cl2N5O4. The van der Waals surface area contributed by atoms with E-state index in [0.29, 0.717) is 27.3 Å². The quantitative estimate of drug-likeness (QED) is 0.202. The van der Waals surface area contributed by atoms with E-state index < -0.39 is 11.9 Å². The molecule has 0 radical (unpaired) electrons. The van der Waals surface area contributed by atoms with Gasteiger partial charge in [-0.25, -0.2) is 9.59 Å². The first-order valence-corrected chi connectivity index (χ1v) is 11.3. The molecule has 2 heterocycles. The van der Waals surface area contributed by atoms with E-state index in [4.69, 9.17) is 23.2 Å². The molecule has 5 N–H and O–H groups in total. The van der Waals surface area contributed by atoms with Crippen LogP contribution < -0.4 is 16.0 Å². The summed E-state index contributed by atoms with van der Waals surface area (Å²) in [6.45, 7) is 0.281. The minimum atomic E-state index is -1.20. The molecule has 9 nitrogen and oxygen atoms in total. The number of carbonyl (C=O) groups is 3. The summed E-state index contributed by atoms with van der Waals surface area (Å²) in [5.41, 5.74) is 2.53. The van der Waals surface area contributed by atoms with Crippen LogP contribution in [0, 0.1) is 0 Å². The van der Waals surface area contributed by atoms with Gasteiger partial charge in [0.15, 0.2) is 0 Å². The van der Waals surface area contributed by atoms with Crippen molar-refractivity contribution >= 4 is 69.5 Å². The highest BCUT2D eigenvalue weighted by atomic mass is 35.5. The van der Waals surface area contributed by atoms with Gasteiger partial charge in [-0.2, -0.15) is 0 Å². The monoisotopic (exact) mass is 523 g/mol. The molecule has 0 saturated carbocycles. The van der Waals surface area contributed by atoms with Gasteiger partial charge in [-0.15, -0.1) is 0 Å². The number of benzene rings is 2. The molecular weight excluding hydrogens is 505 g/mol. The highest BCUT2D eigenvalue weighted by molar-refractivity contribution is 6.39. The third-order valence-electron chi connectivity index (χ3n) is 5.06. The molecule has 36 heavy (non-hydrogen) atoms. The average Bonchev–Trinajstić information content (AvgIpc) is 3.22. The topological polar surface area (TPSA) is 136 Å². The van der Waals surface area contributed by atoms with Gasteiger partial charge >= 0.3 is 12.0 Å². The largest absolute Gasteiger partial charge is 0.477 e. The number of nitrogens with zero attached hydrogens (tertiary/aromatic N) is 1. The van der Waals surface area contributed by atoms with Crippen LogP contribution in [-0.4, -0.2) is 33.0 Å². The van der Waals surface area contributed by atoms with Crippen molar-refractivity contribution in [2.75, 3.05) is 10.6 Å². The van der Waals surface area contributed by atoms with Crippen molar-refractivity contribution < 1.29 is 19.5 Å². The summed E-state index contributed by atoms with van der Waals surface area (Å²) in [6, 6.07) is 13.0. The van der Waals surface area contributed by atoms with E-state index in [9.17, 15) is 19.5 Å². The molecule has 0 bridgehead atoms. The van der Waals surface area contributed by atoms with Crippen molar-refractivity contribution in [3.05, 3.63) is 93.9 Å². The van der Waals surface area contributed by atoms with Crippen molar-refractivity contribution in [3.8, 4) is 0 Å². The average molecular weight is 524 g/mol. The number of pyridine rings is 1. The molecule has 11 heteroatoms. The van der Waals surface area contributed by atoms with E-state index in [2.05, 4.69) is 25.9 Å². The lowest BCUT2D eigenvalue weighted by atomic mass is 10.1. The second-order valence-electron chi connectivity index (χ2n) is 7.60. The molecule has 4 aromatic rings. The van der Waals surface area contributed by atoms with Crippen LogP contribution >= 0.6 is 23.2 Å². The lowest BCUT2D eigenvalue weighted by Gasteiger charge is -2.08. The fraction of sp³-hybridized carbons (Fsp3) is 0.0400. The van der Waals surface area contributed by atoms with Crippen LogP contribution in [0.1, 0.15) is 21.6 Å². The number of rotatable bonds is 7. The normalized spacial score (nSPS) is 10.9. The summed E-state index contributed by atoms with van der Waals surface area (Å²) in [5.74, 6) is -1.66. The van der Waals surface area contributed by atoms with Gasteiger partial charge in [0.1, 0.15) is 5.69 Å². The maximum absolute atomic E-state index is 12.5. The summed E-state index contributed by atoms with van der Waals surface area (Å²) in [5, 5.41) is 18.7. The molecule has 2 aromatic carbocycles. The standard InChI is InChI=1S/C25H19Cl2N5O4/c26-15-10-19(27)22-18(23(24(34)35)32-20(22)11-15)7-8-21(33)30-16-5-3-14(4-6-16)12-29-25(36)31-17-2-1-9-28-13-17/h1-11,13,32H,12H2,(H,30,33)(H,34,35)(H2,29,31,36)/b8-7+. The van der Waals surface area contributed by atoms with E-state index in [1.807, 2.05) is 0 Å². The third kappa shape index (κ3) is 6.01. The Hall–Kier alpha value is -4.34. The van der Waals surface area contributed by atoms with Crippen molar-refractivity contribution in [1.82, 2.24) is 15.3 Å². The van der Waals surface area contributed by atoms with Gasteiger partial charge in [-0.3, -0.25) is 9.78 Å². The summed E-state index contributed by atoms with van der Waals surface area (Å²) < 4.78 is 0. The zero-order valence-electron chi connectivity index (χ0n) is 18.5. The molecule has 0 aliphatic rings. The van der Waals surface area contributed by atoms with Gasteiger partial charge in [0.05, 0.1) is 16.9 Å². The molecule has 3 amide bonds.